The quantitative estimate of drug-likeness (QED) is 0.430. The lowest BCUT2D eigenvalue weighted by Gasteiger charge is -2.13. The van der Waals surface area contributed by atoms with Crippen LogP contribution in [0.2, 0.25) is 0 Å². The van der Waals surface area contributed by atoms with Crippen molar-refractivity contribution in [3.8, 4) is 0 Å². The van der Waals surface area contributed by atoms with E-state index in [0.717, 1.165) is 0 Å². The number of carbonyl (C=O) groups excluding carboxylic acids is 1. The third-order valence-corrected chi connectivity index (χ3v) is 2.57. The van der Waals surface area contributed by atoms with Gasteiger partial charge in [-0.2, -0.15) is 0 Å². The number of aliphatic hydroxyl groups excluding tert-OH is 1. The van der Waals surface area contributed by atoms with Crippen LogP contribution in [0.3, 0.4) is 0 Å². The number of carbonyl (C=O) groups is 1. The molecular weight excluding hydrogens is 282 g/mol. The maximum absolute atomic E-state index is 10.7. The first-order valence-corrected chi connectivity index (χ1v) is 6.07. The van der Waals surface area contributed by atoms with Crippen molar-refractivity contribution in [2.45, 2.75) is 12.8 Å². The second kappa shape index (κ2) is 6.81. The highest BCUT2D eigenvalue weighted by Crippen LogP contribution is 2.18. The van der Waals surface area contributed by atoms with Gasteiger partial charge in [0.2, 0.25) is 6.41 Å². The van der Waals surface area contributed by atoms with Crippen molar-refractivity contribution in [3.05, 3.63) is 12.7 Å². The molecular formula is C11H15N5O5. The van der Waals surface area contributed by atoms with Gasteiger partial charge >= 0.3 is 6.16 Å². The van der Waals surface area contributed by atoms with E-state index in [1.54, 1.807) is 0 Å². The maximum Gasteiger partial charge on any atom is 0.507 e. The summed E-state index contributed by atoms with van der Waals surface area (Å²) in [5, 5.41) is 9.92. The minimum absolute atomic E-state index is 0.124. The Balaban J connectivity index is 1.86. The van der Waals surface area contributed by atoms with Crippen molar-refractivity contribution in [1.82, 2.24) is 19.5 Å². The fraction of sp³-hybridized carbons (Fsp3) is 0.455. The molecule has 0 spiro atoms. The summed E-state index contributed by atoms with van der Waals surface area (Å²) in [7, 11) is 1.22. The molecule has 0 aromatic carbocycles. The van der Waals surface area contributed by atoms with Gasteiger partial charge in [-0.15, -0.1) is 0 Å². The van der Waals surface area contributed by atoms with Crippen LogP contribution in [0, 0.1) is 0 Å². The van der Waals surface area contributed by atoms with E-state index in [9.17, 15) is 9.90 Å². The highest BCUT2D eigenvalue weighted by molar-refractivity contribution is 5.81. The Morgan fingerprint density at radius 2 is 2.24 bits per heavy atom. The minimum atomic E-state index is -1.28. The Morgan fingerprint density at radius 3 is 3.00 bits per heavy atom. The van der Waals surface area contributed by atoms with Crippen LogP contribution in [0.5, 0.6) is 0 Å². The molecule has 2 rings (SSSR count). The van der Waals surface area contributed by atoms with E-state index < -0.39 is 12.6 Å². The molecule has 114 valence electrons. The number of nitrogens with zero attached hydrogens (tertiary/aromatic N) is 4. The first-order valence-electron chi connectivity index (χ1n) is 6.07. The molecule has 0 radical (unpaired) electrons. The molecule has 1 atom stereocenters. The number of anilines is 1. The van der Waals surface area contributed by atoms with E-state index in [0.29, 0.717) is 17.6 Å². The molecule has 2 aromatic rings. The van der Waals surface area contributed by atoms with Gasteiger partial charge in [0.1, 0.15) is 18.2 Å². The molecule has 1 unspecified atom stereocenters. The second-order valence-electron chi connectivity index (χ2n) is 3.94. The van der Waals surface area contributed by atoms with Crippen LogP contribution in [0.25, 0.3) is 11.2 Å². The number of aliphatic hydroxyl groups is 1. The summed E-state index contributed by atoms with van der Waals surface area (Å²) in [5.41, 5.74) is 6.39. The molecule has 3 N–H and O–H groups in total. The summed E-state index contributed by atoms with van der Waals surface area (Å²) in [6, 6.07) is 0. The van der Waals surface area contributed by atoms with Gasteiger partial charge < -0.3 is 25.1 Å². The third kappa shape index (κ3) is 3.55. The highest BCUT2D eigenvalue weighted by atomic mass is 16.7. The van der Waals surface area contributed by atoms with Gasteiger partial charge in [0, 0.05) is 6.42 Å². The van der Waals surface area contributed by atoms with Crippen LogP contribution in [-0.4, -0.2) is 51.1 Å². The van der Waals surface area contributed by atoms with E-state index in [1.165, 1.54) is 24.3 Å². The van der Waals surface area contributed by atoms with Crippen molar-refractivity contribution < 1.29 is 24.1 Å². The standard InChI is InChI=1S/C11H15N5O5/c1-19-11(18)21-4-2-3-20-10(17)16-6-15-7-8(12)13-5-14-9(7)16/h5-6,10,17H,2-4H2,1H3,(H2,12,13,14). The van der Waals surface area contributed by atoms with Gasteiger partial charge in [0.15, 0.2) is 11.5 Å². The zero-order valence-electron chi connectivity index (χ0n) is 11.3. The van der Waals surface area contributed by atoms with Crippen molar-refractivity contribution in [2.75, 3.05) is 26.1 Å². The monoisotopic (exact) mass is 297 g/mol. The lowest BCUT2D eigenvalue weighted by Crippen LogP contribution is -2.14. The van der Waals surface area contributed by atoms with Crippen molar-refractivity contribution in [3.63, 3.8) is 0 Å². The summed E-state index contributed by atoms with van der Waals surface area (Å²) in [5.74, 6) is 0.220. The average molecular weight is 297 g/mol. The molecule has 0 fully saturated rings. The van der Waals surface area contributed by atoms with E-state index in [2.05, 4.69) is 24.4 Å². The summed E-state index contributed by atoms with van der Waals surface area (Å²) in [6.07, 6.45) is 0.985. The average Bonchev–Trinajstić information content (AvgIpc) is 2.92. The number of hydrogen-bond donors (Lipinski definition) is 2. The maximum atomic E-state index is 10.7. The largest absolute Gasteiger partial charge is 0.507 e. The van der Waals surface area contributed by atoms with Crippen molar-refractivity contribution >= 4 is 23.1 Å². The van der Waals surface area contributed by atoms with E-state index in [4.69, 9.17) is 10.5 Å². The smallest absolute Gasteiger partial charge is 0.438 e. The number of nitrogen functional groups attached to an aromatic ring is 1. The summed E-state index contributed by atoms with van der Waals surface area (Å²) >= 11 is 0. The third-order valence-electron chi connectivity index (χ3n) is 2.57. The minimum Gasteiger partial charge on any atom is -0.438 e. The van der Waals surface area contributed by atoms with E-state index >= 15 is 0 Å². The predicted octanol–water partition coefficient (Wildman–Crippen LogP) is 0.0466. The van der Waals surface area contributed by atoms with E-state index in [1.807, 2.05) is 0 Å². The Hall–Kier alpha value is -2.46. The molecule has 2 heterocycles. The lowest BCUT2D eigenvalue weighted by atomic mass is 10.5. The molecule has 21 heavy (non-hydrogen) atoms. The SMILES string of the molecule is COC(=O)OCCCOC(O)n1cnc2c(N)ncnc21. The predicted molar refractivity (Wildman–Crippen MR) is 69.9 cm³/mol. The van der Waals surface area contributed by atoms with Crippen LogP contribution in [0.15, 0.2) is 12.7 Å². The fourth-order valence-electron chi connectivity index (χ4n) is 1.57. The van der Waals surface area contributed by atoms with Crippen molar-refractivity contribution in [2.24, 2.45) is 0 Å². The number of hydrogen-bond acceptors (Lipinski definition) is 9. The zero-order chi connectivity index (χ0) is 15.2. The molecule has 0 aliphatic heterocycles. The first kappa shape index (κ1) is 14.9. The number of nitrogens with two attached hydrogens (primary N) is 1. The molecule has 0 saturated heterocycles. The van der Waals surface area contributed by atoms with Gasteiger partial charge in [0.25, 0.3) is 0 Å². The zero-order valence-corrected chi connectivity index (χ0v) is 11.3. The number of aromatic nitrogens is 4. The topological polar surface area (TPSA) is 135 Å². The normalized spacial score (nSPS) is 12.3. The van der Waals surface area contributed by atoms with Crippen molar-refractivity contribution in [1.29, 1.82) is 0 Å². The summed E-state index contributed by atoms with van der Waals surface area (Å²) < 4.78 is 15.5. The number of fused-ring (bicyclic) bond motifs is 1. The molecule has 10 nitrogen and oxygen atoms in total. The Morgan fingerprint density at radius 1 is 1.43 bits per heavy atom. The molecule has 0 bridgehead atoms. The first-order chi connectivity index (χ1) is 10.1. The number of rotatable bonds is 6. The Kier molecular flexibility index (Phi) is 4.85. The molecule has 0 aliphatic carbocycles. The van der Waals surface area contributed by atoms with Crippen LogP contribution in [0.4, 0.5) is 10.6 Å². The molecule has 0 aliphatic rings. The Labute approximate surface area is 119 Å². The van der Waals surface area contributed by atoms with Crippen LogP contribution in [-0.2, 0) is 14.2 Å². The second-order valence-corrected chi connectivity index (χ2v) is 3.94. The van der Waals surface area contributed by atoms with Crippen LogP contribution < -0.4 is 5.73 Å². The molecule has 10 heteroatoms. The molecule has 0 saturated carbocycles. The molecule has 2 aromatic heterocycles. The number of imidazole rings is 1. The molecule has 0 amide bonds. The van der Waals surface area contributed by atoms with E-state index in [-0.39, 0.29) is 19.0 Å². The van der Waals surface area contributed by atoms with Crippen LogP contribution >= 0.6 is 0 Å². The Bertz CT molecular complexity index is 616. The fourth-order valence-corrected chi connectivity index (χ4v) is 1.57. The van der Waals surface area contributed by atoms with Gasteiger partial charge in [-0.3, -0.25) is 4.57 Å². The number of ether oxygens (including phenoxy) is 3. The summed E-state index contributed by atoms with van der Waals surface area (Å²) in [4.78, 5) is 22.5. The highest BCUT2D eigenvalue weighted by Gasteiger charge is 2.14. The van der Waals surface area contributed by atoms with Gasteiger partial charge in [-0.25, -0.2) is 19.7 Å². The van der Waals surface area contributed by atoms with Gasteiger partial charge in [-0.05, 0) is 0 Å². The van der Waals surface area contributed by atoms with Gasteiger partial charge in [-0.1, -0.05) is 0 Å². The van der Waals surface area contributed by atoms with Gasteiger partial charge in [0.05, 0.1) is 20.3 Å². The van der Waals surface area contributed by atoms with Crippen LogP contribution in [0.1, 0.15) is 12.8 Å². The summed E-state index contributed by atoms with van der Waals surface area (Å²) in [6.45, 7) is 0.289. The number of methoxy groups -OCH3 is 1. The lowest BCUT2D eigenvalue weighted by molar-refractivity contribution is -0.152.